The van der Waals surface area contributed by atoms with E-state index in [0.29, 0.717) is 13.0 Å². The van der Waals surface area contributed by atoms with Crippen molar-refractivity contribution in [2.45, 2.75) is 30.2 Å². The van der Waals surface area contributed by atoms with Crippen LogP contribution in [0.15, 0.2) is 29.2 Å². The maximum atomic E-state index is 12.2. The summed E-state index contributed by atoms with van der Waals surface area (Å²) in [4.78, 5) is 25.9. The number of piperidine rings is 1. The summed E-state index contributed by atoms with van der Waals surface area (Å²) < 4.78 is 5.08. The van der Waals surface area contributed by atoms with E-state index in [4.69, 9.17) is 4.74 Å². The molecule has 1 saturated heterocycles. The minimum Gasteiger partial charge on any atom is -0.497 e. The Hall–Kier alpha value is -1.69. The van der Waals surface area contributed by atoms with Crippen LogP contribution in [0.4, 0.5) is 0 Å². The molecule has 1 aromatic rings. The van der Waals surface area contributed by atoms with Gasteiger partial charge in [0, 0.05) is 11.4 Å². The average Bonchev–Trinajstić information content (AvgIpc) is 2.53. The first-order chi connectivity index (χ1) is 10.1. The zero-order valence-corrected chi connectivity index (χ0v) is 12.8. The normalized spacial score (nSPS) is 18.3. The van der Waals surface area contributed by atoms with Crippen LogP contribution < -0.4 is 4.74 Å². The maximum Gasteiger partial charge on any atom is 0.326 e. The second-order valence-electron chi connectivity index (χ2n) is 4.90. The quantitative estimate of drug-likeness (QED) is 0.845. The standard InChI is InChI=1S/C15H19NO4S/c1-20-11-5-7-12(8-6-11)21-10-14(17)16-9-3-2-4-13(16)15(18)19/h5-8,13H,2-4,9-10H2,1H3,(H,18,19)/t13-/m1/s1. The second kappa shape index (κ2) is 7.36. The van der Waals surface area contributed by atoms with Crippen molar-refractivity contribution in [2.75, 3.05) is 19.4 Å². The number of nitrogens with zero attached hydrogens (tertiary/aromatic N) is 1. The summed E-state index contributed by atoms with van der Waals surface area (Å²) in [6.07, 6.45) is 2.30. The van der Waals surface area contributed by atoms with Crippen molar-refractivity contribution < 1.29 is 19.4 Å². The topological polar surface area (TPSA) is 66.8 Å². The molecule has 0 bridgehead atoms. The van der Waals surface area contributed by atoms with E-state index in [1.54, 1.807) is 7.11 Å². The molecule has 1 fully saturated rings. The lowest BCUT2D eigenvalue weighted by atomic mass is 10.0. The molecule has 5 nitrogen and oxygen atoms in total. The molecule has 1 aromatic carbocycles. The molecular weight excluding hydrogens is 290 g/mol. The van der Waals surface area contributed by atoms with Crippen molar-refractivity contribution in [3.05, 3.63) is 24.3 Å². The van der Waals surface area contributed by atoms with Gasteiger partial charge in [-0.2, -0.15) is 0 Å². The van der Waals surface area contributed by atoms with E-state index >= 15 is 0 Å². The number of methoxy groups -OCH3 is 1. The lowest BCUT2D eigenvalue weighted by molar-refractivity contribution is -0.150. The first-order valence-corrected chi connectivity index (χ1v) is 7.89. The third-order valence-corrected chi connectivity index (χ3v) is 4.53. The highest BCUT2D eigenvalue weighted by Gasteiger charge is 2.31. The molecule has 1 amide bonds. The van der Waals surface area contributed by atoms with Crippen LogP contribution in [0, 0.1) is 0 Å². The Balaban J connectivity index is 1.91. The Morgan fingerprint density at radius 3 is 2.67 bits per heavy atom. The molecular formula is C15H19NO4S. The molecule has 0 aliphatic carbocycles. The van der Waals surface area contributed by atoms with Crippen LogP contribution in [0.3, 0.4) is 0 Å². The van der Waals surface area contributed by atoms with Crippen molar-refractivity contribution in [1.29, 1.82) is 0 Å². The molecule has 1 atom stereocenters. The Morgan fingerprint density at radius 2 is 2.05 bits per heavy atom. The molecule has 0 saturated carbocycles. The van der Waals surface area contributed by atoms with Gasteiger partial charge in [-0.25, -0.2) is 4.79 Å². The third-order valence-electron chi connectivity index (χ3n) is 3.53. The van der Waals surface area contributed by atoms with Crippen LogP contribution in [0.2, 0.25) is 0 Å². The zero-order chi connectivity index (χ0) is 15.2. The number of thioether (sulfide) groups is 1. The van der Waals surface area contributed by atoms with Crippen molar-refractivity contribution in [3.63, 3.8) is 0 Å². The maximum absolute atomic E-state index is 12.2. The number of hydrogen-bond acceptors (Lipinski definition) is 4. The van der Waals surface area contributed by atoms with Gasteiger partial charge in [0.05, 0.1) is 12.9 Å². The van der Waals surface area contributed by atoms with Gasteiger partial charge in [-0.1, -0.05) is 0 Å². The van der Waals surface area contributed by atoms with Crippen molar-refractivity contribution in [2.24, 2.45) is 0 Å². The molecule has 1 heterocycles. The fourth-order valence-electron chi connectivity index (χ4n) is 2.39. The number of amides is 1. The molecule has 0 radical (unpaired) electrons. The van der Waals surface area contributed by atoms with Crippen LogP contribution in [-0.2, 0) is 9.59 Å². The number of hydrogen-bond donors (Lipinski definition) is 1. The van der Waals surface area contributed by atoms with E-state index in [0.717, 1.165) is 23.5 Å². The molecule has 2 rings (SSSR count). The van der Waals surface area contributed by atoms with Gasteiger partial charge in [0.15, 0.2) is 0 Å². The largest absolute Gasteiger partial charge is 0.497 e. The summed E-state index contributed by atoms with van der Waals surface area (Å²) >= 11 is 1.42. The summed E-state index contributed by atoms with van der Waals surface area (Å²) in [5.41, 5.74) is 0. The summed E-state index contributed by atoms with van der Waals surface area (Å²) in [6, 6.07) is 6.80. The number of ether oxygens (including phenoxy) is 1. The van der Waals surface area contributed by atoms with E-state index in [1.807, 2.05) is 24.3 Å². The average molecular weight is 309 g/mol. The number of rotatable bonds is 5. The number of likely N-dealkylation sites (tertiary alicyclic amines) is 1. The van der Waals surface area contributed by atoms with Gasteiger partial charge in [0.25, 0.3) is 0 Å². The Labute approximate surface area is 128 Å². The van der Waals surface area contributed by atoms with Gasteiger partial charge in [-0.05, 0) is 43.5 Å². The van der Waals surface area contributed by atoms with Crippen LogP contribution in [0.1, 0.15) is 19.3 Å². The Morgan fingerprint density at radius 1 is 1.33 bits per heavy atom. The van der Waals surface area contributed by atoms with Gasteiger partial charge in [-0.3, -0.25) is 4.79 Å². The SMILES string of the molecule is COc1ccc(SCC(=O)N2CCCC[C@@H]2C(=O)O)cc1. The first kappa shape index (κ1) is 15.7. The number of benzene rings is 1. The van der Waals surface area contributed by atoms with E-state index in [-0.39, 0.29) is 11.7 Å². The van der Waals surface area contributed by atoms with Crippen molar-refractivity contribution >= 4 is 23.6 Å². The minimum absolute atomic E-state index is 0.108. The fraction of sp³-hybridized carbons (Fsp3) is 0.467. The Bertz CT molecular complexity index is 503. The molecule has 1 N–H and O–H groups in total. The van der Waals surface area contributed by atoms with Gasteiger partial charge < -0.3 is 14.7 Å². The van der Waals surface area contributed by atoms with Gasteiger partial charge in [0.2, 0.25) is 5.91 Å². The van der Waals surface area contributed by atoms with Gasteiger partial charge in [-0.15, -0.1) is 11.8 Å². The van der Waals surface area contributed by atoms with Crippen LogP contribution in [0.25, 0.3) is 0 Å². The fourth-order valence-corrected chi connectivity index (χ4v) is 3.17. The van der Waals surface area contributed by atoms with E-state index < -0.39 is 12.0 Å². The summed E-state index contributed by atoms with van der Waals surface area (Å²) in [5.74, 6) is 0.0175. The Kier molecular flexibility index (Phi) is 5.50. The second-order valence-corrected chi connectivity index (χ2v) is 5.95. The summed E-state index contributed by atoms with van der Waals surface area (Å²) in [5, 5.41) is 9.19. The minimum atomic E-state index is -0.905. The summed E-state index contributed by atoms with van der Waals surface area (Å²) in [7, 11) is 1.61. The first-order valence-electron chi connectivity index (χ1n) is 6.91. The number of carbonyl (C=O) groups excluding carboxylic acids is 1. The molecule has 21 heavy (non-hydrogen) atoms. The summed E-state index contributed by atoms with van der Waals surface area (Å²) in [6.45, 7) is 0.541. The van der Waals surface area contributed by atoms with Crippen molar-refractivity contribution in [1.82, 2.24) is 4.90 Å². The highest BCUT2D eigenvalue weighted by Crippen LogP contribution is 2.23. The zero-order valence-electron chi connectivity index (χ0n) is 11.9. The number of aliphatic carboxylic acids is 1. The van der Waals surface area contributed by atoms with E-state index in [9.17, 15) is 14.7 Å². The molecule has 0 spiro atoms. The number of carboxylic acid groups (broad SMARTS) is 1. The van der Waals surface area contributed by atoms with Crippen molar-refractivity contribution in [3.8, 4) is 5.75 Å². The third kappa shape index (κ3) is 4.14. The van der Waals surface area contributed by atoms with Gasteiger partial charge in [0.1, 0.15) is 11.8 Å². The van der Waals surface area contributed by atoms with E-state index in [1.165, 1.54) is 16.7 Å². The number of carbonyl (C=O) groups is 2. The molecule has 1 aliphatic heterocycles. The van der Waals surface area contributed by atoms with Crippen LogP contribution >= 0.6 is 11.8 Å². The molecule has 0 aromatic heterocycles. The van der Waals surface area contributed by atoms with Crippen LogP contribution in [-0.4, -0.2) is 47.3 Å². The smallest absolute Gasteiger partial charge is 0.326 e. The number of carboxylic acids is 1. The highest BCUT2D eigenvalue weighted by molar-refractivity contribution is 8.00. The molecule has 0 unspecified atom stereocenters. The monoisotopic (exact) mass is 309 g/mol. The highest BCUT2D eigenvalue weighted by atomic mass is 32.2. The molecule has 114 valence electrons. The van der Waals surface area contributed by atoms with Crippen LogP contribution in [0.5, 0.6) is 5.75 Å². The molecule has 1 aliphatic rings. The molecule has 6 heteroatoms. The lowest BCUT2D eigenvalue weighted by Gasteiger charge is -2.32. The predicted octanol–water partition coefficient (Wildman–Crippen LogP) is 2.25. The van der Waals surface area contributed by atoms with Gasteiger partial charge >= 0.3 is 5.97 Å². The van der Waals surface area contributed by atoms with E-state index in [2.05, 4.69) is 0 Å². The lowest BCUT2D eigenvalue weighted by Crippen LogP contribution is -2.48. The predicted molar refractivity (Wildman–Crippen MR) is 80.7 cm³/mol.